The summed E-state index contributed by atoms with van der Waals surface area (Å²) >= 11 is 0. The van der Waals surface area contributed by atoms with Gasteiger partial charge in [0.15, 0.2) is 0 Å². The van der Waals surface area contributed by atoms with Crippen molar-refractivity contribution in [1.29, 1.82) is 0 Å². The molecule has 0 saturated heterocycles. The highest BCUT2D eigenvalue weighted by Crippen LogP contribution is 2.29. The van der Waals surface area contributed by atoms with E-state index in [9.17, 15) is 4.79 Å². The summed E-state index contributed by atoms with van der Waals surface area (Å²) in [6.45, 7) is 5.86. The van der Waals surface area contributed by atoms with Gasteiger partial charge in [-0.05, 0) is 12.0 Å². The van der Waals surface area contributed by atoms with Gasteiger partial charge in [0, 0.05) is 11.8 Å². The van der Waals surface area contributed by atoms with E-state index in [4.69, 9.17) is 4.74 Å². The summed E-state index contributed by atoms with van der Waals surface area (Å²) < 4.78 is 6.03. The summed E-state index contributed by atoms with van der Waals surface area (Å²) in [6, 6.07) is 10.2. The van der Waals surface area contributed by atoms with E-state index in [-0.39, 0.29) is 23.4 Å². The molecule has 2 heteroatoms. The number of hydrogen-bond donors (Lipinski definition) is 0. The number of hydrogen-bond acceptors (Lipinski definition) is 2. The molecule has 0 fully saturated rings. The summed E-state index contributed by atoms with van der Waals surface area (Å²) in [5.74, 6) is 0.246. The molecule has 2 atom stereocenters. The van der Waals surface area contributed by atoms with Crippen molar-refractivity contribution < 1.29 is 9.53 Å². The Labute approximate surface area is 115 Å². The average Bonchev–Trinajstić information content (AvgIpc) is 2.39. The number of ketones is 1. The summed E-state index contributed by atoms with van der Waals surface area (Å²) in [5.41, 5.74) is 0.886. The van der Waals surface area contributed by atoms with E-state index in [1.165, 1.54) is 5.56 Å². The molecular formula is C17H22O2. The van der Waals surface area contributed by atoms with Crippen LogP contribution < -0.4 is 0 Å². The van der Waals surface area contributed by atoms with E-state index in [0.717, 1.165) is 6.42 Å². The van der Waals surface area contributed by atoms with Crippen LogP contribution in [0.3, 0.4) is 0 Å². The highest BCUT2D eigenvalue weighted by atomic mass is 16.5. The Morgan fingerprint density at radius 2 is 1.95 bits per heavy atom. The standard InChI is InChI=1S/C17H22O2/c1-17(2,3)16(18)12-14-10-7-11-15(19-14)13-8-5-4-6-9-13/h4-10,14-15H,11-12H2,1-3H3/t14-,15-/m0/s1. The van der Waals surface area contributed by atoms with Gasteiger partial charge in [0.1, 0.15) is 5.78 Å². The van der Waals surface area contributed by atoms with Crippen LogP contribution in [-0.2, 0) is 9.53 Å². The third-order valence-corrected chi connectivity index (χ3v) is 3.43. The van der Waals surface area contributed by atoms with Crippen LogP contribution in [0.1, 0.15) is 45.3 Å². The van der Waals surface area contributed by atoms with Crippen LogP contribution in [0.15, 0.2) is 42.5 Å². The van der Waals surface area contributed by atoms with Crippen LogP contribution >= 0.6 is 0 Å². The summed E-state index contributed by atoms with van der Waals surface area (Å²) in [7, 11) is 0. The van der Waals surface area contributed by atoms with Crippen molar-refractivity contribution in [2.45, 2.75) is 45.8 Å². The summed E-state index contributed by atoms with van der Waals surface area (Å²) in [5, 5.41) is 0. The van der Waals surface area contributed by atoms with Crippen LogP contribution in [0.25, 0.3) is 0 Å². The Morgan fingerprint density at radius 3 is 2.58 bits per heavy atom. The van der Waals surface area contributed by atoms with E-state index >= 15 is 0 Å². The predicted octanol–water partition coefficient (Wildman–Crippen LogP) is 4.08. The van der Waals surface area contributed by atoms with Crippen LogP contribution in [0.2, 0.25) is 0 Å². The molecule has 0 unspecified atom stereocenters. The highest BCUT2D eigenvalue weighted by Gasteiger charge is 2.27. The first kappa shape index (κ1) is 14.0. The molecule has 1 aromatic rings. The predicted molar refractivity (Wildman–Crippen MR) is 76.9 cm³/mol. The van der Waals surface area contributed by atoms with E-state index in [1.54, 1.807) is 0 Å². The molecule has 0 saturated carbocycles. The zero-order valence-corrected chi connectivity index (χ0v) is 11.9. The first-order chi connectivity index (χ1) is 8.97. The monoisotopic (exact) mass is 258 g/mol. The summed E-state index contributed by atoms with van der Waals surface area (Å²) in [6.07, 6.45) is 5.47. The van der Waals surface area contributed by atoms with Crippen molar-refractivity contribution in [1.82, 2.24) is 0 Å². The zero-order valence-electron chi connectivity index (χ0n) is 11.9. The van der Waals surface area contributed by atoms with Gasteiger partial charge >= 0.3 is 0 Å². The molecular weight excluding hydrogens is 236 g/mol. The van der Waals surface area contributed by atoms with Crippen molar-refractivity contribution in [2.24, 2.45) is 5.41 Å². The molecule has 1 aliphatic rings. The van der Waals surface area contributed by atoms with Crippen molar-refractivity contribution in [3.8, 4) is 0 Å². The first-order valence-corrected chi connectivity index (χ1v) is 6.87. The van der Waals surface area contributed by atoms with Gasteiger partial charge in [0.05, 0.1) is 12.2 Å². The maximum absolute atomic E-state index is 12.1. The Bertz CT molecular complexity index is 454. The fourth-order valence-corrected chi connectivity index (χ4v) is 2.15. The minimum absolute atomic E-state index is 0.0731. The van der Waals surface area contributed by atoms with Crippen molar-refractivity contribution in [3.63, 3.8) is 0 Å². The van der Waals surface area contributed by atoms with Gasteiger partial charge in [-0.2, -0.15) is 0 Å². The second kappa shape index (κ2) is 5.70. The molecule has 2 rings (SSSR count). The lowest BCUT2D eigenvalue weighted by atomic mass is 9.87. The third kappa shape index (κ3) is 3.77. The number of Topliss-reactive ketones (excluding diaryl/α,β-unsaturated/α-hetero) is 1. The van der Waals surface area contributed by atoms with Gasteiger partial charge in [-0.1, -0.05) is 63.3 Å². The smallest absolute Gasteiger partial charge is 0.141 e. The van der Waals surface area contributed by atoms with Crippen LogP contribution in [-0.4, -0.2) is 11.9 Å². The third-order valence-electron chi connectivity index (χ3n) is 3.43. The van der Waals surface area contributed by atoms with Crippen LogP contribution in [0, 0.1) is 5.41 Å². The van der Waals surface area contributed by atoms with Gasteiger partial charge in [-0.3, -0.25) is 4.79 Å². The van der Waals surface area contributed by atoms with E-state index < -0.39 is 0 Å². The summed E-state index contributed by atoms with van der Waals surface area (Å²) in [4.78, 5) is 12.1. The normalized spacial score (nSPS) is 23.3. The quantitative estimate of drug-likeness (QED) is 0.764. The molecule has 0 bridgehead atoms. The molecule has 0 aliphatic carbocycles. The number of ether oxygens (including phenoxy) is 1. The minimum Gasteiger partial charge on any atom is -0.365 e. The van der Waals surface area contributed by atoms with Crippen molar-refractivity contribution in [2.75, 3.05) is 0 Å². The molecule has 102 valence electrons. The van der Waals surface area contributed by atoms with Gasteiger partial charge < -0.3 is 4.74 Å². The molecule has 0 aromatic heterocycles. The molecule has 19 heavy (non-hydrogen) atoms. The zero-order chi connectivity index (χ0) is 13.9. The van der Waals surface area contributed by atoms with Crippen molar-refractivity contribution >= 4 is 5.78 Å². The average molecular weight is 258 g/mol. The second-order valence-corrected chi connectivity index (χ2v) is 6.12. The SMILES string of the molecule is CC(C)(C)C(=O)C[C@@H]1C=CC[C@@H](c2ccccc2)O1. The molecule has 1 aliphatic heterocycles. The largest absolute Gasteiger partial charge is 0.365 e. The maximum Gasteiger partial charge on any atom is 0.141 e. The fourth-order valence-electron chi connectivity index (χ4n) is 2.15. The fraction of sp³-hybridized carbons (Fsp3) is 0.471. The molecule has 0 N–H and O–H groups in total. The first-order valence-electron chi connectivity index (χ1n) is 6.87. The number of rotatable bonds is 3. The minimum atomic E-state index is -0.295. The number of benzene rings is 1. The maximum atomic E-state index is 12.1. The molecule has 0 radical (unpaired) electrons. The Balaban J connectivity index is 2.01. The Morgan fingerprint density at radius 1 is 1.26 bits per heavy atom. The van der Waals surface area contributed by atoms with Gasteiger partial charge in [0.25, 0.3) is 0 Å². The topological polar surface area (TPSA) is 26.3 Å². The molecule has 0 spiro atoms. The second-order valence-electron chi connectivity index (χ2n) is 6.12. The van der Waals surface area contributed by atoms with E-state index in [2.05, 4.69) is 18.2 Å². The van der Waals surface area contributed by atoms with Gasteiger partial charge in [-0.15, -0.1) is 0 Å². The molecule has 1 heterocycles. The lowest BCUT2D eigenvalue weighted by Gasteiger charge is -2.28. The number of carbonyl (C=O) groups excluding carboxylic acids is 1. The lowest BCUT2D eigenvalue weighted by molar-refractivity contribution is -0.129. The molecule has 2 nitrogen and oxygen atoms in total. The lowest BCUT2D eigenvalue weighted by Crippen LogP contribution is -2.28. The van der Waals surface area contributed by atoms with E-state index in [1.807, 2.05) is 45.0 Å². The van der Waals surface area contributed by atoms with Crippen molar-refractivity contribution in [3.05, 3.63) is 48.0 Å². The van der Waals surface area contributed by atoms with E-state index in [0.29, 0.717) is 6.42 Å². The Hall–Kier alpha value is -1.41. The van der Waals surface area contributed by atoms with Gasteiger partial charge in [0.2, 0.25) is 0 Å². The Kier molecular flexibility index (Phi) is 4.20. The molecule has 0 amide bonds. The number of carbonyl (C=O) groups is 1. The highest BCUT2D eigenvalue weighted by molar-refractivity contribution is 5.84. The van der Waals surface area contributed by atoms with Crippen LogP contribution in [0.5, 0.6) is 0 Å². The van der Waals surface area contributed by atoms with Crippen LogP contribution in [0.4, 0.5) is 0 Å². The van der Waals surface area contributed by atoms with Gasteiger partial charge in [-0.25, -0.2) is 0 Å². The molecule has 1 aromatic carbocycles.